The zero-order valence-electron chi connectivity index (χ0n) is 14.8. The molecule has 0 spiro atoms. The predicted octanol–water partition coefficient (Wildman–Crippen LogP) is 2.78. The van der Waals surface area contributed by atoms with Crippen LogP contribution in [0.15, 0.2) is 66.6 Å². The Morgan fingerprint density at radius 1 is 1.31 bits per heavy atom. The van der Waals surface area contributed by atoms with Crippen molar-refractivity contribution >= 4 is 33.2 Å². The fourth-order valence-electron chi connectivity index (χ4n) is 2.46. The molecule has 3 aromatic rings. The fraction of sp³-hybridized carbons (Fsp3) is 0.0556. The van der Waals surface area contributed by atoms with E-state index in [1.165, 1.54) is 29.5 Å². The van der Waals surface area contributed by atoms with Crippen LogP contribution >= 0.6 is 11.6 Å². The van der Waals surface area contributed by atoms with Gasteiger partial charge in [-0.25, -0.2) is 27.2 Å². The van der Waals surface area contributed by atoms with Gasteiger partial charge < -0.3 is 5.32 Å². The van der Waals surface area contributed by atoms with Gasteiger partial charge in [0.25, 0.3) is 5.91 Å². The third kappa shape index (κ3) is 4.50. The number of hydrogen-bond donors (Lipinski definition) is 2. The number of nitrogens with zero attached hydrogens (tertiary/aromatic N) is 3. The SMILES string of the molecule is C=CCNS(=O)(=O)c1cc(C(=O)Nc2cccc(Cl)c2-n2cncn2)ccc1F. The first-order valence-electron chi connectivity index (χ1n) is 8.18. The third-order valence-electron chi connectivity index (χ3n) is 3.78. The maximum absolute atomic E-state index is 14.1. The van der Waals surface area contributed by atoms with Gasteiger partial charge in [-0.2, -0.15) is 5.10 Å². The number of amides is 1. The van der Waals surface area contributed by atoms with E-state index in [-0.39, 0.29) is 12.1 Å². The van der Waals surface area contributed by atoms with Crippen molar-refractivity contribution in [2.45, 2.75) is 4.90 Å². The Bertz CT molecular complexity index is 1170. The number of sulfonamides is 1. The lowest BCUT2D eigenvalue weighted by atomic mass is 10.2. The summed E-state index contributed by atoms with van der Waals surface area (Å²) in [7, 11) is -4.15. The normalized spacial score (nSPS) is 11.2. The number of carbonyl (C=O) groups is 1. The molecule has 1 aromatic heterocycles. The van der Waals surface area contributed by atoms with Gasteiger partial charge >= 0.3 is 0 Å². The monoisotopic (exact) mass is 435 g/mol. The number of aromatic nitrogens is 3. The molecule has 2 N–H and O–H groups in total. The highest BCUT2D eigenvalue weighted by atomic mass is 35.5. The standard InChI is InChI=1S/C18H15ClFN5O3S/c1-2-8-23-29(27,28)16-9-12(6-7-14(16)20)18(26)24-15-5-3-4-13(19)17(15)25-11-21-10-22-25/h2-7,9-11,23H,1,8H2,(H,24,26). The molecule has 0 saturated heterocycles. The van der Waals surface area contributed by atoms with E-state index in [0.717, 1.165) is 12.1 Å². The van der Waals surface area contributed by atoms with Gasteiger partial charge in [-0.15, -0.1) is 6.58 Å². The van der Waals surface area contributed by atoms with E-state index in [9.17, 15) is 17.6 Å². The topological polar surface area (TPSA) is 106 Å². The number of anilines is 1. The molecule has 8 nitrogen and oxygen atoms in total. The van der Waals surface area contributed by atoms with Gasteiger partial charge in [-0.3, -0.25) is 4.79 Å². The number of benzene rings is 2. The zero-order valence-corrected chi connectivity index (χ0v) is 16.4. The number of nitrogens with one attached hydrogen (secondary N) is 2. The molecule has 0 unspecified atom stereocenters. The van der Waals surface area contributed by atoms with Crippen LogP contribution in [0.2, 0.25) is 5.02 Å². The average molecular weight is 436 g/mol. The fourth-order valence-corrected chi connectivity index (χ4v) is 3.82. The second kappa shape index (κ2) is 8.52. The number of rotatable bonds is 7. The molecule has 150 valence electrons. The lowest BCUT2D eigenvalue weighted by Gasteiger charge is -2.13. The second-order valence-electron chi connectivity index (χ2n) is 5.72. The molecule has 0 aliphatic carbocycles. The summed E-state index contributed by atoms with van der Waals surface area (Å²) in [6.45, 7) is 3.32. The zero-order chi connectivity index (χ0) is 21.0. The molecule has 1 amide bonds. The van der Waals surface area contributed by atoms with Gasteiger partial charge in [0.15, 0.2) is 0 Å². The smallest absolute Gasteiger partial charge is 0.255 e. The molecule has 2 aromatic carbocycles. The van der Waals surface area contributed by atoms with Crippen molar-refractivity contribution in [3.05, 3.63) is 78.1 Å². The van der Waals surface area contributed by atoms with Crippen molar-refractivity contribution in [1.82, 2.24) is 19.5 Å². The summed E-state index contributed by atoms with van der Waals surface area (Å²) in [4.78, 5) is 15.9. The van der Waals surface area contributed by atoms with Gasteiger partial charge in [0, 0.05) is 12.1 Å². The third-order valence-corrected chi connectivity index (χ3v) is 5.53. The number of carbonyl (C=O) groups excluding carboxylic acids is 1. The number of halogens is 2. The minimum absolute atomic E-state index is 0.0603. The Balaban J connectivity index is 1.95. The Morgan fingerprint density at radius 2 is 2.10 bits per heavy atom. The van der Waals surface area contributed by atoms with Crippen molar-refractivity contribution in [3.63, 3.8) is 0 Å². The Hall–Kier alpha value is -3.08. The summed E-state index contributed by atoms with van der Waals surface area (Å²) in [5.74, 6) is -1.64. The van der Waals surface area contributed by atoms with Crippen LogP contribution in [0, 0.1) is 5.82 Å². The molecule has 0 radical (unpaired) electrons. The highest BCUT2D eigenvalue weighted by Crippen LogP contribution is 2.28. The minimum Gasteiger partial charge on any atom is -0.320 e. The molecule has 29 heavy (non-hydrogen) atoms. The lowest BCUT2D eigenvalue weighted by molar-refractivity contribution is 0.102. The maximum atomic E-state index is 14.1. The molecule has 0 aliphatic heterocycles. The van der Waals surface area contributed by atoms with E-state index in [0.29, 0.717) is 16.4 Å². The summed E-state index contributed by atoms with van der Waals surface area (Å²) >= 11 is 6.22. The second-order valence-corrected chi connectivity index (χ2v) is 7.86. The predicted molar refractivity (Wildman–Crippen MR) is 106 cm³/mol. The van der Waals surface area contributed by atoms with Crippen molar-refractivity contribution in [2.75, 3.05) is 11.9 Å². The van der Waals surface area contributed by atoms with E-state index in [2.05, 4.69) is 26.7 Å². The summed E-state index contributed by atoms with van der Waals surface area (Å²) in [5, 5.41) is 6.94. The van der Waals surface area contributed by atoms with E-state index < -0.39 is 26.6 Å². The quantitative estimate of drug-likeness (QED) is 0.555. The van der Waals surface area contributed by atoms with E-state index >= 15 is 0 Å². The van der Waals surface area contributed by atoms with Gasteiger partial charge in [-0.1, -0.05) is 23.7 Å². The van der Waals surface area contributed by atoms with Gasteiger partial charge in [0.2, 0.25) is 10.0 Å². The molecule has 0 aliphatic rings. The molecule has 11 heteroatoms. The molecule has 3 rings (SSSR count). The van der Waals surface area contributed by atoms with Crippen molar-refractivity contribution in [3.8, 4) is 5.69 Å². The van der Waals surface area contributed by atoms with Crippen LogP contribution in [0.4, 0.5) is 10.1 Å². The molecule has 1 heterocycles. The van der Waals surface area contributed by atoms with Gasteiger partial charge in [0.1, 0.15) is 29.1 Å². The van der Waals surface area contributed by atoms with Crippen LogP contribution in [-0.2, 0) is 10.0 Å². The van der Waals surface area contributed by atoms with Crippen LogP contribution in [0.25, 0.3) is 5.69 Å². The number of hydrogen-bond acceptors (Lipinski definition) is 5. The highest BCUT2D eigenvalue weighted by molar-refractivity contribution is 7.89. The molecule has 0 bridgehead atoms. The van der Waals surface area contributed by atoms with Crippen molar-refractivity contribution < 1.29 is 17.6 Å². The van der Waals surface area contributed by atoms with Crippen molar-refractivity contribution in [2.24, 2.45) is 0 Å². The van der Waals surface area contributed by atoms with E-state index in [1.54, 1.807) is 18.2 Å². The Kier molecular flexibility index (Phi) is 6.06. The maximum Gasteiger partial charge on any atom is 0.255 e. The number of para-hydroxylation sites is 1. The van der Waals surface area contributed by atoms with Crippen LogP contribution in [0.5, 0.6) is 0 Å². The van der Waals surface area contributed by atoms with E-state index in [4.69, 9.17) is 11.6 Å². The van der Waals surface area contributed by atoms with Crippen LogP contribution < -0.4 is 10.0 Å². The summed E-state index contributed by atoms with van der Waals surface area (Å²) < 4.78 is 42.1. The minimum atomic E-state index is -4.15. The molecule has 0 atom stereocenters. The van der Waals surface area contributed by atoms with Gasteiger partial charge in [0.05, 0.1) is 10.7 Å². The van der Waals surface area contributed by atoms with E-state index in [1.807, 2.05) is 0 Å². The first kappa shape index (κ1) is 20.6. The molecular weight excluding hydrogens is 421 g/mol. The average Bonchev–Trinajstić information content (AvgIpc) is 3.21. The van der Waals surface area contributed by atoms with Crippen LogP contribution in [-0.4, -0.2) is 35.6 Å². The Labute approximate surface area is 171 Å². The first-order valence-corrected chi connectivity index (χ1v) is 10.0. The lowest BCUT2D eigenvalue weighted by Crippen LogP contribution is -2.25. The summed E-state index contributed by atoms with van der Waals surface area (Å²) in [6, 6.07) is 7.87. The van der Waals surface area contributed by atoms with Crippen LogP contribution in [0.3, 0.4) is 0 Å². The molecular formula is C18H15ClFN5O3S. The molecule has 0 saturated carbocycles. The van der Waals surface area contributed by atoms with Crippen LogP contribution in [0.1, 0.15) is 10.4 Å². The largest absolute Gasteiger partial charge is 0.320 e. The highest BCUT2D eigenvalue weighted by Gasteiger charge is 2.21. The first-order chi connectivity index (χ1) is 13.8. The molecule has 0 fully saturated rings. The Morgan fingerprint density at radius 3 is 2.79 bits per heavy atom. The van der Waals surface area contributed by atoms with Crippen molar-refractivity contribution in [1.29, 1.82) is 0 Å². The summed E-state index contributed by atoms with van der Waals surface area (Å²) in [6.07, 6.45) is 4.03. The summed E-state index contributed by atoms with van der Waals surface area (Å²) in [5.41, 5.74) is 0.629. The van der Waals surface area contributed by atoms with Gasteiger partial charge in [-0.05, 0) is 30.3 Å².